The normalized spacial score (nSPS) is 23.6. The van der Waals surface area contributed by atoms with Crippen molar-refractivity contribution in [2.75, 3.05) is 52.4 Å². The van der Waals surface area contributed by atoms with Gasteiger partial charge in [0.25, 0.3) is 0 Å². The highest BCUT2D eigenvalue weighted by atomic mass is 16.2. The van der Waals surface area contributed by atoms with Crippen LogP contribution < -0.4 is 0 Å². The molecule has 20 heavy (non-hydrogen) atoms. The fraction of sp³-hybridized carbons (Fsp3) is 0.857. The van der Waals surface area contributed by atoms with Crippen molar-refractivity contribution in [2.24, 2.45) is 0 Å². The van der Waals surface area contributed by atoms with Crippen molar-refractivity contribution in [1.82, 2.24) is 19.6 Å². The molecule has 0 aromatic heterocycles. The van der Waals surface area contributed by atoms with Gasteiger partial charge in [0, 0.05) is 52.4 Å². The van der Waals surface area contributed by atoms with Crippen LogP contribution in [-0.4, -0.2) is 84.0 Å². The van der Waals surface area contributed by atoms with Crippen LogP contribution in [0.3, 0.4) is 0 Å². The molecule has 0 spiro atoms. The molecule has 0 bridgehead atoms. The topological polar surface area (TPSA) is 47.1 Å². The van der Waals surface area contributed by atoms with Gasteiger partial charge < -0.3 is 19.6 Å². The molecule has 0 saturated carbocycles. The number of urea groups is 2. The summed E-state index contributed by atoms with van der Waals surface area (Å²) in [5.74, 6) is 0. The molecule has 3 fully saturated rings. The lowest BCUT2D eigenvalue weighted by Gasteiger charge is -2.38. The molecule has 3 heterocycles. The third kappa shape index (κ3) is 2.69. The summed E-state index contributed by atoms with van der Waals surface area (Å²) in [4.78, 5) is 32.2. The maximum atomic E-state index is 12.3. The van der Waals surface area contributed by atoms with E-state index in [1.54, 1.807) is 0 Å². The summed E-state index contributed by atoms with van der Waals surface area (Å²) in [5.41, 5.74) is 0. The van der Waals surface area contributed by atoms with Crippen LogP contribution >= 0.6 is 0 Å². The maximum absolute atomic E-state index is 12.3. The molecular formula is C14H24N4O2. The van der Waals surface area contributed by atoms with Crippen LogP contribution in [0.1, 0.15) is 25.7 Å². The van der Waals surface area contributed by atoms with E-state index < -0.39 is 0 Å². The minimum atomic E-state index is 0.163. The van der Waals surface area contributed by atoms with Crippen LogP contribution in [0.5, 0.6) is 0 Å². The predicted molar refractivity (Wildman–Crippen MR) is 75.6 cm³/mol. The molecule has 3 rings (SSSR count). The van der Waals surface area contributed by atoms with E-state index in [9.17, 15) is 9.59 Å². The first kappa shape index (κ1) is 13.5. The van der Waals surface area contributed by atoms with Gasteiger partial charge in [0.1, 0.15) is 0 Å². The Morgan fingerprint density at radius 1 is 0.450 bits per heavy atom. The molecule has 0 unspecified atom stereocenters. The van der Waals surface area contributed by atoms with Crippen LogP contribution in [0.15, 0.2) is 0 Å². The van der Waals surface area contributed by atoms with Crippen molar-refractivity contribution < 1.29 is 9.59 Å². The Morgan fingerprint density at radius 3 is 1.00 bits per heavy atom. The molecule has 6 heteroatoms. The molecule has 112 valence electrons. The Hall–Kier alpha value is -1.46. The predicted octanol–water partition coefficient (Wildman–Crippen LogP) is 1.04. The van der Waals surface area contributed by atoms with E-state index in [-0.39, 0.29) is 12.1 Å². The molecule has 0 aromatic carbocycles. The number of likely N-dealkylation sites (tertiary alicyclic amines) is 2. The zero-order valence-corrected chi connectivity index (χ0v) is 12.1. The highest BCUT2D eigenvalue weighted by Crippen LogP contribution is 2.15. The highest BCUT2D eigenvalue weighted by Gasteiger charge is 2.30. The van der Waals surface area contributed by atoms with Crippen molar-refractivity contribution in [1.29, 1.82) is 0 Å². The monoisotopic (exact) mass is 280 g/mol. The Balaban J connectivity index is 1.48. The second-order valence-corrected chi connectivity index (χ2v) is 5.93. The largest absolute Gasteiger partial charge is 0.325 e. The van der Waals surface area contributed by atoms with E-state index in [0.717, 1.165) is 51.9 Å². The van der Waals surface area contributed by atoms with Gasteiger partial charge in [0.2, 0.25) is 0 Å². The Bertz CT molecular complexity index is 331. The molecular weight excluding hydrogens is 256 g/mol. The number of nitrogens with zero attached hydrogens (tertiary/aromatic N) is 4. The minimum Gasteiger partial charge on any atom is -0.325 e. The summed E-state index contributed by atoms with van der Waals surface area (Å²) in [7, 11) is 0. The van der Waals surface area contributed by atoms with E-state index in [0.29, 0.717) is 26.2 Å². The summed E-state index contributed by atoms with van der Waals surface area (Å²) in [6, 6.07) is 0.326. The number of hydrogen-bond donors (Lipinski definition) is 0. The lowest BCUT2D eigenvalue weighted by atomic mass is 10.3. The summed E-state index contributed by atoms with van der Waals surface area (Å²) < 4.78 is 0. The molecule has 3 saturated heterocycles. The first-order valence-corrected chi connectivity index (χ1v) is 7.83. The molecule has 0 atom stereocenters. The third-order valence-corrected chi connectivity index (χ3v) is 4.57. The average molecular weight is 280 g/mol. The smallest absolute Gasteiger partial charge is 0.320 e. The second-order valence-electron chi connectivity index (χ2n) is 5.93. The lowest BCUT2D eigenvalue weighted by Crippen LogP contribution is -2.55. The summed E-state index contributed by atoms with van der Waals surface area (Å²) >= 11 is 0. The van der Waals surface area contributed by atoms with Crippen molar-refractivity contribution in [3.8, 4) is 0 Å². The van der Waals surface area contributed by atoms with Crippen LogP contribution in [0, 0.1) is 0 Å². The van der Waals surface area contributed by atoms with Crippen LogP contribution in [0.4, 0.5) is 9.59 Å². The Labute approximate surface area is 120 Å². The zero-order chi connectivity index (χ0) is 13.9. The van der Waals surface area contributed by atoms with Crippen molar-refractivity contribution >= 4 is 12.1 Å². The van der Waals surface area contributed by atoms with Crippen molar-refractivity contribution in [2.45, 2.75) is 25.7 Å². The third-order valence-electron chi connectivity index (χ3n) is 4.57. The molecule has 3 aliphatic rings. The van der Waals surface area contributed by atoms with Crippen molar-refractivity contribution in [3.63, 3.8) is 0 Å². The van der Waals surface area contributed by atoms with Gasteiger partial charge in [-0.1, -0.05) is 0 Å². The van der Waals surface area contributed by atoms with Gasteiger partial charge in [-0.05, 0) is 25.7 Å². The number of hydrogen-bond acceptors (Lipinski definition) is 2. The van der Waals surface area contributed by atoms with Gasteiger partial charge in [-0.2, -0.15) is 0 Å². The Kier molecular flexibility index (Phi) is 3.98. The first-order chi connectivity index (χ1) is 9.75. The first-order valence-electron chi connectivity index (χ1n) is 7.83. The van der Waals surface area contributed by atoms with Crippen LogP contribution in [0.25, 0.3) is 0 Å². The lowest BCUT2D eigenvalue weighted by molar-refractivity contribution is 0.111. The van der Waals surface area contributed by atoms with Gasteiger partial charge >= 0.3 is 12.1 Å². The summed E-state index contributed by atoms with van der Waals surface area (Å²) in [6.07, 6.45) is 4.50. The van der Waals surface area contributed by atoms with Gasteiger partial charge in [-0.25, -0.2) is 9.59 Å². The number of carbonyl (C=O) groups is 2. The van der Waals surface area contributed by atoms with Gasteiger partial charge in [-0.15, -0.1) is 0 Å². The van der Waals surface area contributed by atoms with Gasteiger partial charge in [-0.3, -0.25) is 0 Å². The number of rotatable bonds is 0. The molecule has 6 nitrogen and oxygen atoms in total. The fourth-order valence-corrected chi connectivity index (χ4v) is 3.31. The maximum Gasteiger partial charge on any atom is 0.320 e. The van der Waals surface area contributed by atoms with Crippen LogP contribution in [0.2, 0.25) is 0 Å². The molecule has 0 aromatic rings. The van der Waals surface area contributed by atoms with Gasteiger partial charge in [0.15, 0.2) is 0 Å². The number of carbonyl (C=O) groups excluding carboxylic acids is 2. The molecule has 0 radical (unpaired) electrons. The molecule has 0 N–H and O–H groups in total. The summed E-state index contributed by atoms with van der Waals surface area (Å²) in [5, 5.41) is 0. The Morgan fingerprint density at radius 2 is 0.700 bits per heavy atom. The minimum absolute atomic E-state index is 0.163. The zero-order valence-electron chi connectivity index (χ0n) is 12.1. The molecule has 4 amide bonds. The molecule has 3 aliphatic heterocycles. The quantitative estimate of drug-likeness (QED) is 0.665. The van der Waals surface area contributed by atoms with E-state index in [2.05, 4.69) is 0 Å². The van der Waals surface area contributed by atoms with E-state index in [1.165, 1.54) is 0 Å². The van der Waals surface area contributed by atoms with Crippen molar-refractivity contribution in [3.05, 3.63) is 0 Å². The molecule has 0 aliphatic carbocycles. The standard InChI is InChI=1S/C14H24N4O2/c19-13(15-5-1-2-6-15)17-9-11-18(12-10-17)14(20)16-7-3-4-8-16/h1-12H2. The fourth-order valence-electron chi connectivity index (χ4n) is 3.31. The van der Waals surface area contributed by atoms with Gasteiger partial charge in [0.05, 0.1) is 0 Å². The van der Waals surface area contributed by atoms with Crippen LogP contribution in [-0.2, 0) is 0 Å². The SMILES string of the molecule is O=C(N1CCCC1)N1CCN(C(=O)N2CCCC2)CC1. The van der Waals surface area contributed by atoms with E-state index in [4.69, 9.17) is 0 Å². The highest BCUT2D eigenvalue weighted by molar-refractivity contribution is 5.77. The number of piperazine rings is 1. The van der Waals surface area contributed by atoms with E-state index in [1.807, 2.05) is 19.6 Å². The van der Waals surface area contributed by atoms with E-state index >= 15 is 0 Å². The second kappa shape index (κ2) is 5.89. The average Bonchev–Trinajstić information content (AvgIpc) is 3.18. The number of amides is 4. The summed E-state index contributed by atoms with van der Waals surface area (Å²) in [6.45, 7) is 6.28.